The third kappa shape index (κ3) is 3.29. The molecule has 4 heteroatoms. The van der Waals surface area contributed by atoms with Crippen LogP contribution in [0.2, 0.25) is 0 Å². The van der Waals surface area contributed by atoms with Crippen LogP contribution in [0.4, 0.5) is 4.39 Å². The molecule has 2 atom stereocenters. The van der Waals surface area contributed by atoms with Gasteiger partial charge in [-0.3, -0.25) is 4.79 Å². The van der Waals surface area contributed by atoms with Gasteiger partial charge in [0.15, 0.2) is 0 Å². The van der Waals surface area contributed by atoms with Gasteiger partial charge in [-0.15, -0.1) is 0 Å². The van der Waals surface area contributed by atoms with Crippen LogP contribution < -0.4 is 5.32 Å². The van der Waals surface area contributed by atoms with Crippen molar-refractivity contribution in [3.8, 4) is 0 Å². The highest BCUT2D eigenvalue weighted by molar-refractivity contribution is 5.94. The highest BCUT2D eigenvalue weighted by atomic mass is 19.1. The summed E-state index contributed by atoms with van der Waals surface area (Å²) in [5.41, 5.74) is 0.308. The van der Waals surface area contributed by atoms with E-state index in [9.17, 15) is 9.18 Å². The Bertz CT molecular complexity index is 368. The van der Waals surface area contributed by atoms with Crippen LogP contribution in [0.3, 0.4) is 0 Å². The van der Waals surface area contributed by atoms with Gasteiger partial charge in [0.25, 0.3) is 5.91 Å². The SMILES string of the molecule is CCC(C)C(C)NC(=O)c1ccnc(F)c1. The molecular formula is C12H17FN2O. The molecule has 0 aliphatic carbocycles. The van der Waals surface area contributed by atoms with Crippen molar-refractivity contribution in [1.29, 1.82) is 0 Å². The van der Waals surface area contributed by atoms with Gasteiger partial charge in [0.2, 0.25) is 5.95 Å². The average molecular weight is 224 g/mol. The van der Waals surface area contributed by atoms with Gasteiger partial charge in [-0.2, -0.15) is 4.39 Å². The summed E-state index contributed by atoms with van der Waals surface area (Å²) >= 11 is 0. The summed E-state index contributed by atoms with van der Waals surface area (Å²) in [5.74, 6) is -0.492. The number of carbonyl (C=O) groups is 1. The Labute approximate surface area is 95.1 Å². The fourth-order valence-electron chi connectivity index (χ4n) is 1.33. The largest absolute Gasteiger partial charge is 0.349 e. The second-order valence-corrected chi connectivity index (χ2v) is 4.01. The lowest BCUT2D eigenvalue weighted by Crippen LogP contribution is -2.36. The van der Waals surface area contributed by atoms with E-state index in [-0.39, 0.29) is 11.9 Å². The van der Waals surface area contributed by atoms with Crippen molar-refractivity contribution in [3.05, 3.63) is 29.8 Å². The maximum atomic E-state index is 12.8. The molecular weight excluding hydrogens is 207 g/mol. The number of amides is 1. The summed E-state index contributed by atoms with van der Waals surface area (Å²) in [5, 5.41) is 2.84. The number of rotatable bonds is 4. The molecule has 0 saturated heterocycles. The van der Waals surface area contributed by atoms with Crippen LogP contribution in [0.5, 0.6) is 0 Å². The molecule has 0 saturated carbocycles. The van der Waals surface area contributed by atoms with Crippen LogP contribution in [0.15, 0.2) is 18.3 Å². The molecule has 0 fully saturated rings. The molecule has 0 bridgehead atoms. The van der Waals surface area contributed by atoms with E-state index in [2.05, 4.69) is 24.1 Å². The molecule has 1 amide bonds. The van der Waals surface area contributed by atoms with Crippen LogP contribution in [0, 0.1) is 11.9 Å². The molecule has 0 spiro atoms. The Balaban J connectivity index is 2.66. The lowest BCUT2D eigenvalue weighted by atomic mass is 10.0. The Morgan fingerprint density at radius 2 is 2.25 bits per heavy atom. The third-order valence-corrected chi connectivity index (χ3v) is 2.85. The number of pyridine rings is 1. The minimum atomic E-state index is -0.635. The zero-order valence-corrected chi connectivity index (χ0v) is 9.83. The lowest BCUT2D eigenvalue weighted by molar-refractivity contribution is 0.0927. The minimum Gasteiger partial charge on any atom is -0.349 e. The van der Waals surface area contributed by atoms with E-state index in [1.54, 1.807) is 0 Å². The van der Waals surface area contributed by atoms with Crippen molar-refractivity contribution in [2.75, 3.05) is 0 Å². The van der Waals surface area contributed by atoms with E-state index in [1.807, 2.05) is 6.92 Å². The first-order valence-corrected chi connectivity index (χ1v) is 5.47. The summed E-state index contributed by atoms with van der Waals surface area (Å²) in [6.07, 6.45) is 2.28. The van der Waals surface area contributed by atoms with Crippen LogP contribution >= 0.6 is 0 Å². The number of carbonyl (C=O) groups excluding carboxylic acids is 1. The van der Waals surface area contributed by atoms with Gasteiger partial charge in [0, 0.05) is 23.9 Å². The maximum Gasteiger partial charge on any atom is 0.251 e. The standard InChI is InChI=1S/C12H17FN2O/c1-4-8(2)9(3)15-12(16)10-5-6-14-11(13)7-10/h5-9H,4H2,1-3H3,(H,15,16). The first kappa shape index (κ1) is 12.6. The van der Waals surface area contributed by atoms with Gasteiger partial charge in [-0.05, 0) is 18.9 Å². The fourth-order valence-corrected chi connectivity index (χ4v) is 1.33. The second-order valence-electron chi connectivity index (χ2n) is 4.01. The summed E-state index contributed by atoms with van der Waals surface area (Å²) in [4.78, 5) is 15.1. The molecule has 1 rings (SSSR count). The van der Waals surface area contributed by atoms with Crippen LogP contribution in [-0.4, -0.2) is 16.9 Å². The zero-order chi connectivity index (χ0) is 12.1. The quantitative estimate of drug-likeness (QED) is 0.798. The van der Waals surface area contributed by atoms with E-state index in [0.29, 0.717) is 11.5 Å². The number of hydrogen-bond donors (Lipinski definition) is 1. The van der Waals surface area contributed by atoms with Crippen molar-refractivity contribution in [2.45, 2.75) is 33.2 Å². The molecule has 88 valence electrons. The molecule has 0 aromatic carbocycles. The lowest BCUT2D eigenvalue weighted by Gasteiger charge is -2.19. The number of aromatic nitrogens is 1. The van der Waals surface area contributed by atoms with Gasteiger partial charge >= 0.3 is 0 Å². The van der Waals surface area contributed by atoms with Crippen LogP contribution in [-0.2, 0) is 0 Å². The highest BCUT2D eigenvalue weighted by Gasteiger charge is 2.14. The Hall–Kier alpha value is -1.45. The van der Waals surface area contributed by atoms with E-state index in [1.165, 1.54) is 12.3 Å². The first-order valence-electron chi connectivity index (χ1n) is 5.47. The number of halogens is 1. The number of nitrogens with one attached hydrogen (secondary N) is 1. The van der Waals surface area contributed by atoms with Crippen molar-refractivity contribution < 1.29 is 9.18 Å². The van der Waals surface area contributed by atoms with E-state index >= 15 is 0 Å². The number of nitrogens with zero attached hydrogens (tertiary/aromatic N) is 1. The summed E-state index contributed by atoms with van der Waals surface area (Å²) in [6.45, 7) is 6.08. The van der Waals surface area contributed by atoms with Crippen molar-refractivity contribution in [2.24, 2.45) is 5.92 Å². The maximum absolute atomic E-state index is 12.8. The summed E-state index contributed by atoms with van der Waals surface area (Å²) in [6, 6.07) is 2.72. The average Bonchev–Trinajstić information content (AvgIpc) is 2.27. The van der Waals surface area contributed by atoms with Crippen LogP contribution in [0.1, 0.15) is 37.6 Å². The van der Waals surface area contributed by atoms with Gasteiger partial charge in [-0.1, -0.05) is 20.3 Å². The molecule has 16 heavy (non-hydrogen) atoms. The Morgan fingerprint density at radius 3 is 2.81 bits per heavy atom. The molecule has 1 aromatic rings. The van der Waals surface area contributed by atoms with Gasteiger partial charge in [0.05, 0.1) is 0 Å². The Morgan fingerprint density at radius 1 is 1.56 bits per heavy atom. The van der Waals surface area contributed by atoms with Crippen molar-refractivity contribution >= 4 is 5.91 Å². The Kier molecular flexibility index (Phi) is 4.40. The predicted molar refractivity (Wildman–Crippen MR) is 60.6 cm³/mol. The van der Waals surface area contributed by atoms with Gasteiger partial charge in [0.1, 0.15) is 0 Å². The van der Waals surface area contributed by atoms with E-state index in [4.69, 9.17) is 0 Å². The predicted octanol–water partition coefficient (Wildman–Crippen LogP) is 2.39. The molecule has 2 unspecified atom stereocenters. The van der Waals surface area contributed by atoms with Crippen molar-refractivity contribution in [1.82, 2.24) is 10.3 Å². The van der Waals surface area contributed by atoms with E-state index in [0.717, 1.165) is 12.5 Å². The molecule has 1 aromatic heterocycles. The first-order chi connectivity index (χ1) is 7.54. The van der Waals surface area contributed by atoms with Crippen LogP contribution in [0.25, 0.3) is 0 Å². The smallest absolute Gasteiger partial charge is 0.251 e. The van der Waals surface area contributed by atoms with Gasteiger partial charge < -0.3 is 5.32 Å². The number of hydrogen-bond acceptors (Lipinski definition) is 2. The topological polar surface area (TPSA) is 42.0 Å². The summed E-state index contributed by atoms with van der Waals surface area (Å²) in [7, 11) is 0. The van der Waals surface area contributed by atoms with Gasteiger partial charge in [-0.25, -0.2) is 4.98 Å². The normalized spacial score (nSPS) is 14.2. The zero-order valence-electron chi connectivity index (χ0n) is 9.83. The molecule has 0 aliphatic heterocycles. The second kappa shape index (κ2) is 5.58. The molecule has 3 nitrogen and oxygen atoms in total. The summed E-state index contributed by atoms with van der Waals surface area (Å²) < 4.78 is 12.8. The molecule has 1 heterocycles. The third-order valence-electron chi connectivity index (χ3n) is 2.85. The minimum absolute atomic E-state index is 0.0775. The molecule has 0 aliphatic rings. The molecule has 1 N–H and O–H groups in total. The monoisotopic (exact) mass is 224 g/mol. The van der Waals surface area contributed by atoms with E-state index < -0.39 is 5.95 Å². The highest BCUT2D eigenvalue weighted by Crippen LogP contribution is 2.08. The van der Waals surface area contributed by atoms with Crippen molar-refractivity contribution in [3.63, 3.8) is 0 Å². The fraction of sp³-hybridized carbons (Fsp3) is 0.500. The molecule has 0 radical (unpaired) electrons.